The average molecular weight is 284 g/mol. The molecule has 0 spiro atoms. The van der Waals surface area contributed by atoms with Crippen LogP contribution in [-0.4, -0.2) is 64.3 Å². The summed E-state index contributed by atoms with van der Waals surface area (Å²) < 4.78 is 5.80. The van der Waals surface area contributed by atoms with Crippen LogP contribution in [0.15, 0.2) is 0 Å². The molecule has 0 aromatic heterocycles. The largest absolute Gasteiger partial charge is 0.481 e. The van der Waals surface area contributed by atoms with Crippen LogP contribution in [0.5, 0.6) is 0 Å². The van der Waals surface area contributed by atoms with Crippen molar-refractivity contribution < 1.29 is 19.4 Å². The lowest BCUT2D eigenvalue weighted by atomic mass is 10.1. The Balaban J connectivity index is 2.01. The SMILES string of the molecule is CC1CN(C(=O)N(CCC(=O)O)C2CC2)CC(C)(C)O1. The van der Waals surface area contributed by atoms with Crippen LogP contribution in [0.4, 0.5) is 4.79 Å². The lowest BCUT2D eigenvalue weighted by Gasteiger charge is -2.43. The molecular weight excluding hydrogens is 260 g/mol. The van der Waals surface area contributed by atoms with Gasteiger partial charge in [0.15, 0.2) is 0 Å². The van der Waals surface area contributed by atoms with E-state index in [0.717, 1.165) is 12.8 Å². The Bertz CT molecular complexity index is 393. The van der Waals surface area contributed by atoms with Crippen LogP contribution in [0.2, 0.25) is 0 Å². The van der Waals surface area contributed by atoms with Gasteiger partial charge in [0.2, 0.25) is 0 Å². The molecule has 20 heavy (non-hydrogen) atoms. The van der Waals surface area contributed by atoms with Gasteiger partial charge in [0.25, 0.3) is 0 Å². The quantitative estimate of drug-likeness (QED) is 0.850. The summed E-state index contributed by atoms with van der Waals surface area (Å²) in [6.07, 6.45) is 1.97. The highest BCUT2D eigenvalue weighted by Crippen LogP contribution is 2.29. The van der Waals surface area contributed by atoms with E-state index in [0.29, 0.717) is 19.6 Å². The molecule has 6 nitrogen and oxygen atoms in total. The van der Waals surface area contributed by atoms with Gasteiger partial charge in [-0.25, -0.2) is 4.79 Å². The fourth-order valence-corrected chi connectivity index (χ4v) is 2.82. The Morgan fingerprint density at radius 1 is 1.40 bits per heavy atom. The maximum Gasteiger partial charge on any atom is 0.320 e. The number of hydrogen-bond donors (Lipinski definition) is 1. The number of urea groups is 1. The second kappa shape index (κ2) is 5.60. The first-order valence-electron chi connectivity index (χ1n) is 7.23. The predicted octanol–water partition coefficient (Wildman–Crippen LogP) is 1.54. The van der Waals surface area contributed by atoms with E-state index >= 15 is 0 Å². The van der Waals surface area contributed by atoms with Gasteiger partial charge in [-0.15, -0.1) is 0 Å². The third kappa shape index (κ3) is 3.85. The minimum absolute atomic E-state index is 0.00299. The minimum atomic E-state index is -0.862. The molecule has 1 unspecified atom stereocenters. The van der Waals surface area contributed by atoms with Gasteiger partial charge in [0.05, 0.1) is 24.7 Å². The van der Waals surface area contributed by atoms with Crippen molar-refractivity contribution in [1.82, 2.24) is 9.80 Å². The molecule has 1 saturated carbocycles. The van der Waals surface area contributed by atoms with Gasteiger partial charge in [-0.1, -0.05) is 0 Å². The summed E-state index contributed by atoms with van der Waals surface area (Å²) in [5, 5.41) is 8.81. The monoisotopic (exact) mass is 284 g/mol. The highest BCUT2D eigenvalue weighted by molar-refractivity contribution is 5.76. The van der Waals surface area contributed by atoms with Crippen molar-refractivity contribution in [2.24, 2.45) is 0 Å². The van der Waals surface area contributed by atoms with E-state index < -0.39 is 5.97 Å². The second-order valence-corrected chi connectivity index (χ2v) is 6.42. The van der Waals surface area contributed by atoms with E-state index in [4.69, 9.17) is 9.84 Å². The number of carboxylic acid groups (broad SMARTS) is 1. The summed E-state index contributed by atoms with van der Waals surface area (Å²) >= 11 is 0. The summed E-state index contributed by atoms with van der Waals surface area (Å²) in [4.78, 5) is 26.9. The highest BCUT2D eigenvalue weighted by Gasteiger charge is 2.39. The molecule has 0 bridgehead atoms. The molecule has 2 fully saturated rings. The average Bonchev–Trinajstić information content (AvgIpc) is 3.10. The van der Waals surface area contributed by atoms with Gasteiger partial charge in [0, 0.05) is 19.1 Å². The molecule has 1 heterocycles. The number of morpholine rings is 1. The molecular formula is C14H24N2O4. The van der Waals surface area contributed by atoms with E-state index in [1.54, 1.807) is 9.80 Å². The molecule has 1 aliphatic heterocycles. The topological polar surface area (TPSA) is 70.1 Å². The first-order chi connectivity index (χ1) is 9.28. The van der Waals surface area contributed by atoms with Crippen molar-refractivity contribution >= 4 is 12.0 Å². The first-order valence-corrected chi connectivity index (χ1v) is 7.23. The smallest absolute Gasteiger partial charge is 0.320 e. The van der Waals surface area contributed by atoms with Gasteiger partial charge in [0.1, 0.15) is 0 Å². The molecule has 114 valence electrons. The van der Waals surface area contributed by atoms with Crippen LogP contribution in [-0.2, 0) is 9.53 Å². The second-order valence-electron chi connectivity index (χ2n) is 6.42. The normalized spacial score (nSPS) is 25.4. The van der Waals surface area contributed by atoms with E-state index in [2.05, 4.69) is 0 Å². The van der Waals surface area contributed by atoms with Crippen molar-refractivity contribution in [2.45, 2.75) is 57.8 Å². The maximum absolute atomic E-state index is 12.6. The molecule has 0 aromatic carbocycles. The summed E-state index contributed by atoms with van der Waals surface area (Å²) in [7, 11) is 0. The zero-order valence-electron chi connectivity index (χ0n) is 12.5. The number of hydrogen-bond acceptors (Lipinski definition) is 3. The van der Waals surface area contributed by atoms with Crippen molar-refractivity contribution in [1.29, 1.82) is 0 Å². The number of amides is 2. The standard InChI is InChI=1S/C14H24N2O4/c1-10-8-15(9-14(2,3)20-10)13(19)16(11-4-5-11)7-6-12(17)18/h10-11H,4-9H2,1-3H3,(H,17,18). The van der Waals surface area contributed by atoms with Gasteiger partial charge in [-0.05, 0) is 33.6 Å². The third-order valence-electron chi connectivity index (χ3n) is 3.64. The van der Waals surface area contributed by atoms with Crippen molar-refractivity contribution in [3.05, 3.63) is 0 Å². The van der Waals surface area contributed by atoms with E-state index in [1.165, 1.54) is 0 Å². The third-order valence-corrected chi connectivity index (χ3v) is 3.64. The molecule has 0 aromatic rings. The number of carbonyl (C=O) groups is 2. The predicted molar refractivity (Wildman–Crippen MR) is 73.6 cm³/mol. The Morgan fingerprint density at radius 2 is 2.05 bits per heavy atom. The zero-order valence-corrected chi connectivity index (χ0v) is 12.5. The summed E-state index contributed by atoms with van der Waals surface area (Å²) in [5.74, 6) is -0.862. The van der Waals surface area contributed by atoms with Crippen molar-refractivity contribution in [3.8, 4) is 0 Å². The van der Waals surface area contributed by atoms with Crippen LogP contribution in [0, 0.1) is 0 Å². The van der Waals surface area contributed by atoms with Crippen LogP contribution in [0.1, 0.15) is 40.0 Å². The molecule has 2 rings (SSSR count). The van der Waals surface area contributed by atoms with Crippen molar-refractivity contribution in [2.75, 3.05) is 19.6 Å². The summed E-state index contributed by atoms with van der Waals surface area (Å²) in [5.41, 5.74) is -0.352. The summed E-state index contributed by atoms with van der Waals surface area (Å²) in [6.45, 7) is 7.32. The maximum atomic E-state index is 12.6. The molecule has 1 aliphatic carbocycles. The molecule has 2 aliphatic rings. The summed E-state index contributed by atoms with van der Waals surface area (Å²) in [6, 6.07) is 0.181. The van der Waals surface area contributed by atoms with Gasteiger partial charge in [-0.2, -0.15) is 0 Å². The van der Waals surface area contributed by atoms with Gasteiger partial charge < -0.3 is 19.6 Å². The first kappa shape index (κ1) is 15.1. The van der Waals surface area contributed by atoms with Crippen molar-refractivity contribution in [3.63, 3.8) is 0 Å². The molecule has 0 radical (unpaired) electrons. The fourth-order valence-electron chi connectivity index (χ4n) is 2.82. The Kier molecular flexibility index (Phi) is 4.22. The highest BCUT2D eigenvalue weighted by atomic mass is 16.5. The molecule has 1 saturated heterocycles. The Labute approximate surface area is 119 Å². The number of ether oxygens (including phenoxy) is 1. The lowest BCUT2D eigenvalue weighted by Crippen LogP contribution is -2.57. The van der Waals surface area contributed by atoms with E-state index in [9.17, 15) is 9.59 Å². The Hall–Kier alpha value is -1.30. The molecule has 6 heteroatoms. The van der Waals surface area contributed by atoms with E-state index in [-0.39, 0.29) is 30.2 Å². The Morgan fingerprint density at radius 3 is 2.55 bits per heavy atom. The fraction of sp³-hybridized carbons (Fsp3) is 0.857. The number of carboxylic acids is 1. The van der Waals surface area contributed by atoms with E-state index in [1.807, 2.05) is 20.8 Å². The molecule has 1 atom stereocenters. The zero-order chi connectivity index (χ0) is 14.9. The number of carbonyl (C=O) groups excluding carboxylic acids is 1. The molecule has 1 N–H and O–H groups in total. The number of aliphatic carboxylic acids is 1. The molecule has 2 amide bonds. The number of nitrogens with zero attached hydrogens (tertiary/aromatic N) is 2. The van der Waals surface area contributed by atoms with Crippen LogP contribution in [0.3, 0.4) is 0 Å². The van der Waals surface area contributed by atoms with Crippen LogP contribution >= 0.6 is 0 Å². The van der Waals surface area contributed by atoms with Crippen LogP contribution < -0.4 is 0 Å². The van der Waals surface area contributed by atoms with Crippen LogP contribution in [0.25, 0.3) is 0 Å². The number of rotatable bonds is 4. The lowest BCUT2D eigenvalue weighted by molar-refractivity contribution is -0.137. The minimum Gasteiger partial charge on any atom is -0.481 e. The van der Waals surface area contributed by atoms with Gasteiger partial charge >= 0.3 is 12.0 Å². The van der Waals surface area contributed by atoms with Gasteiger partial charge in [-0.3, -0.25) is 4.79 Å².